The van der Waals surface area contributed by atoms with Crippen molar-refractivity contribution in [2.75, 3.05) is 5.32 Å². The molecule has 0 aliphatic heterocycles. The monoisotopic (exact) mass is 225 g/mol. The van der Waals surface area contributed by atoms with Gasteiger partial charge in [-0.3, -0.25) is 9.59 Å². The summed E-state index contributed by atoms with van der Waals surface area (Å²) in [5.74, 6) is -0.199. The van der Waals surface area contributed by atoms with Crippen LogP contribution in [0.1, 0.15) is 18.4 Å². The number of rotatable bonds is 4. The molecule has 0 atom stereocenters. The molecule has 0 aromatic heterocycles. The lowest BCUT2D eigenvalue weighted by atomic mass is 10.2. The molecule has 0 aliphatic rings. The quantitative estimate of drug-likeness (QED) is 0.801. The molecule has 0 spiro atoms. The van der Waals surface area contributed by atoms with E-state index >= 15 is 0 Å². The zero-order chi connectivity index (χ0) is 11.3. The van der Waals surface area contributed by atoms with Crippen LogP contribution in [0.2, 0.25) is 0 Å². The minimum Gasteiger partial charge on any atom is -0.326 e. The van der Waals surface area contributed by atoms with Crippen LogP contribution in [0.25, 0.3) is 0 Å². The van der Waals surface area contributed by atoms with E-state index in [-0.39, 0.29) is 18.7 Å². The Balaban J connectivity index is 2.48. The molecule has 0 radical (unpaired) electrons. The number of carbonyl (C=O) groups is 2. The summed E-state index contributed by atoms with van der Waals surface area (Å²) in [6.45, 7) is 1.94. The van der Waals surface area contributed by atoms with Crippen molar-refractivity contribution < 1.29 is 9.59 Å². The van der Waals surface area contributed by atoms with E-state index in [2.05, 4.69) is 5.32 Å². The molecule has 0 saturated carbocycles. The van der Waals surface area contributed by atoms with Gasteiger partial charge >= 0.3 is 0 Å². The molecule has 0 fully saturated rings. The third kappa shape index (κ3) is 4.61. The summed E-state index contributed by atoms with van der Waals surface area (Å²) in [5, 5.41) is 2.20. The summed E-state index contributed by atoms with van der Waals surface area (Å²) < 4.78 is 0. The second-order valence-electron chi connectivity index (χ2n) is 3.27. The van der Waals surface area contributed by atoms with Crippen molar-refractivity contribution in [2.45, 2.75) is 19.8 Å². The molecule has 0 bridgehead atoms. The molecule has 1 aromatic carbocycles. The summed E-state index contributed by atoms with van der Waals surface area (Å²) in [7, 11) is 0. The van der Waals surface area contributed by atoms with Gasteiger partial charge in [0, 0.05) is 18.5 Å². The molecular weight excluding hydrogens is 214 g/mol. The molecule has 4 heteroatoms. The number of benzene rings is 1. The third-order valence-electron chi connectivity index (χ3n) is 1.85. The molecule has 1 N–H and O–H groups in total. The fourth-order valence-corrected chi connectivity index (χ4v) is 1.25. The highest BCUT2D eigenvalue weighted by Crippen LogP contribution is 2.10. The van der Waals surface area contributed by atoms with Crippen molar-refractivity contribution in [3.8, 4) is 0 Å². The molecule has 3 nitrogen and oxygen atoms in total. The van der Waals surface area contributed by atoms with Crippen LogP contribution < -0.4 is 5.32 Å². The first-order valence-electron chi connectivity index (χ1n) is 4.63. The topological polar surface area (TPSA) is 46.2 Å². The summed E-state index contributed by atoms with van der Waals surface area (Å²) in [6, 6.07) is 7.46. The molecular formula is C11H12ClNO2. The van der Waals surface area contributed by atoms with Gasteiger partial charge in [-0.2, -0.15) is 0 Å². The van der Waals surface area contributed by atoms with E-state index in [0.717, 1.165) is 11.3 Å². The average Bonchev–Trinajstić information content (AvgIpc) is 2.15. The van der Waals surface area contributed by atoms with E-state index in [4.69, 9.17) is 11.6 Å². The lowest BCUT2D eigenvalue weighted by Crippen LogP contribution is -2.12. The highest BCUT2D eigenvalue weighted by Gasteiger charge is 2.04. The van der Waals surface area contributed by atoms with Crippen LogP contribution in [0, 0.1) is 6.92 Å². The normalized spacial score (nSPS) is 9.73. The first-order valence-corrected chi connectivity index (χ1v) is 5.00. The number of nitrogens with one attached hydrogen (secondary N) is 1. The molecule has 1 aromatic rings. The number of halogens is 1. The predicted molar refractivity (Wildman–Crippen MR) is 59.9 cm³/mol. The number of anilines is 1. The minimum atomic E-state index is -0.491. The smallest absolute Gasteiger partial charge is 0.224 e. The Labute approximate surface area is 93.4 Å². The SMILES string of the molecule is Cc1cccc(NC(=O)CCC(=O)Cl)c1. The van der Waals surface area contributed by atoms with Gasteiger partial charge in [0.05, 0.1) is 0 Å². The van der Waals surface area contributed by atoms with Gasteiger partial charge in [-0.25, -0.2) is 0 Å². The van der Waals surface area contributed by atoms with Gasteiger partial charge in [-0.05, 0) is 36.2 Å². The van der Waals surface area contributed by atoms with E-state index in [9.17, 15) is 9.59 Å². The van der Waals surface area contributed by atoms with Gasteiger partial charge in [0.1, 0.15) is 0 Å². The van der Waals surface area contributed by atoms with Gasteiger partial charge in [0.25, 0.3) is 0 Å². The predicted octanol–water partition coefficient (Wildman–Crippen LogP) is 2.48. The van der Waals surface area contributed by atoms with E-state index in [1.54, 1.807) is 6.07 Å². The van der Waals surface area contributed by atoms with Crippen molar-refractivity contribution in [1.29, 1.82) is 0 Å². The average molecular weight is 226 g/mol. The Morgan fingerprint density at radius 2 is 2.07 bits per heavy atom. The lowest BCUT2D eigenvalue weighted by Gasteiger charge is -2.04. The standard InChI is InChI=1S/C11H12ClNO2/c1-8-3-2-4-9(7-8)13-11(15)6-5-10(12)14/h2-4,7H,5-6H2,1H3,(H,13,15). The van der Waals surface area contributed by atoms with Crippen molar-refractivity contribution >= 4 is 28.4 Å². The number of aryl methyl sites for hydroxylation is 1. The number of hydrogen-bond acceptors (Lipinski definition) is 2. The van der Waals surface area contributed by atoms with Crippen LogP contribution in [-0.2, 0) is 9.59 Å². The molecule has 0 saturated heterocycles. The Morgan fingerprint density at radius 3 is 2.67 bits per heavy atom. The van der Waals surface area contributed by atoms with E-state index in [0.29, 0.717) is 0 Å². The second-order valence-corrected chi connectivity index (χ2v) is 3.69. The summed E-state index contributed by atoms with van der Waals surface area (Å²) in [6.07, 6.45) is 0.190. The Hall–Kier alpha value is -1.35. The van der Waals surface area contributed by atoms with Crippen LogP contribution >= 0.6 is 11.6 Å². The van der Waals surface area contributed by atoms with Crippen LogP contribution in [0.3, 0.4) is 0 Å². The highest BCUT2D eigenvalue weighted by molar-refractivity contribution is 6.63. The fraction of sp³-hybridized carbons (Fsp3) is 0.273. The fourth-order valence-electron chi connectivity index (χ4n) is 1.16. The maximum atomic E-state index is 11.3. The van der Waals surface area contributed by atoms with Crippen LogP contribution in [0.5, 0.6) is 0 Å². The van der Waals surface area contributed by atoms with Gasteiger partial charge < -0.3 is 5.32 Å². The maximum absolute atomic E-state index is 11.3. The summed E-state index contributed by atoms with van der Waals surface area (Å²) in [5.41, 5.74) is 1.81. The van der Waals surface area contributed by atoms with Gasteiger partial charge in [-0.15, -0.1) is 0 Å². The highest BCUT2D eigenvalue weighted by atomic mass is 35.5. The van der Waals surface area contributed by atoms with E-state index in [1.807, 2.05) is 25.1 Å². The van der Waals surface area contributed by atoms with Crippen LogP contribution in [-0.4, -0.2) is 11.1 Å². The lowest BCUT2D eigenvalue weighted by molar-refractivity contribution is -0.119. The molecule has 80 valence electrons. The number of amides is 1. The van der Waals surface area contributed by atoms with E-state index in [1.165, 1.54) is 0 Å². The first kappa shape index (κ1) is 11.7. The molecule has 0 heterocycles. The van der Waals surface area contributed by atoms with Gasteiger partial charge in [0.2, 0.25) is 11.1 Å². The van der Waals surface area contributed by atoms with Crippen LogP contribution in [0.15, 0.2) is 24.3 Å². The second kappa shape index (κ2) is 5.51. The van der Waals surface area contributed by atoms with E-state index < -0.39 is 5.24 Å². The Morgan fingerprint density at radius 1 is 1.33 bits per heavy atom. The number of hydrogen-bond donors (Lipinski definition) is 1. The third-order valence-corrected chi connectivity index (χ3v) is 2.04. The van der Waals surface area contributed by atoms with Crippen molar-refractivity contribution in [2.24, 2.45) is 0 Å². The van der Waals surface area contributed by atoms with Crippen molar-refractivity contribution in [3.63, 3.8) is 0 Å². The zero-order valence-corrected chi connectivity index (χ0v) is 9.17. The molecule has 0 aliphatic carbocycles. The molecule has 1 amide bonds. The maximum Gasteiger partial charge on any atom is 0.224 e. The summed E-state index contributed by atoms with van der Waals surface area (Å²) >= 11 is 5.13. The Bertz CT molecular complexity index is 377. The molecule has 15 heavy (non-hydrogen) atoms. The largest absolute Gasteiger partial charge is 0.326 e. The Kier molecular flexibility index (Phi) is 4.31. The zero-order valence-electron chi connectivity index (χ0n) is 8.42. The minimum absolute atomic E-state index is 0.0687. The summed E-state index contributed by atoms with van der Waals surface area (Å²) in [4.78, 5) is 21.7. The number of carbonyl (C=O) groups excluding carboxylic acids is 2. The molecule has 1 rings (SSSR count). The van der Waals surface area contributed by atoms with Crippen molar-refractivity contribution in [1.82, 2.24) is 0 Å². The van der Waals surface area contributed by atoms with Crippen LogP contribution in [0.4, 0.5) is 5.69 Å². The first-order chi connectivity index (χ1) is 7.08. The van der Waals surface area contributed by atoms with Crippen molar-refractivity contribution in [3.05, 3.63) is 29.8 Å². The molecule has 0 unspecified atom stereocenters. The van der Waals surface area contributed by atoms with Gasteiger partial charge in [-0.1, -0.05) is 12.1 Å². The van der Waals surface area contributed by atoms with Gasteiger partial charge in [0.15, 0.2) is 0 Å².